The van der Waals surface area contributed by atoms with Gasteiger partial charge in [-0.3, -0.25) is 9.10 Å². The summed E-state index contributed by atoms with van der Waals surface area (Å²) in [5, 5.41) is 3.17. The molecule has 0 fully saturated rings. The first kappa shape index (κ1) is 26.2. The molecule has 0 spiro atoms. The van der Waals surface area contributed by atoms with Crippen LogP contribution in [0.3, 0.4) is 0 Å². The van der Waals surface area contributed by atoms with E-state index in [1.165, 1.54) is 45.6 Å². The molecule has 0 radical (unpaired) electrons. The second kappa shape index (κ2) is 11.3. The zero-order valence-corrected chi connectivity index (χ0v) is 21.4. The zero-order valence-electron chi connectivity index (χ0n) is 19.9. The molecule has 1 N–H and O–H groups in total. The smallest absolute Gasteiger partial charge is 0.264 e. The van der Waals surface area contributed by atoms with Gasteiger partial charge in [-0.15, -0.1) is 0 Å². The maximum Gasteiger partial charge on any atom is 0.264 e. The Labute approximate surface area is 210 Å². The number of nitrogens with one attached hydrogen (secondary N) is 1. The van der Waals surface area contributed by atoms with Crippen molar-refractivity contribution >= 4 is 33.2 Å². The van der Waals surface area contributed by atoms with E-state index in [0.717, 1.165) is 9.87 Å². The molecule has 0 unspecified atom stereocenters. The number of halogens is 1. The van der Waals surface area contributed by atoms with E-state index >= 15 is 0 Å². The number of anilines is 1. The number of rotatable bonds is 10. The summed E-state index contributed by atoms with van der Waals surface area (Å²) < 4.78 is 44.1. The summed E-state index contributed by atoms with van der Waals surface area (Å²) in [5.74, 6) is 0.795. The van der Waals surface area contributed by atoms with E-state index < -0.39 is 22.5 Å². The Morgan fingerprint density at radius 2 is 1.51 bits per heavy atom. The number of amides is 1. The molecule has 186 valence electrons. The number of benzene rings is 3. The molecule has 0 aliphatic rings. The van der Waals surface area contributed by atoms with Crippen LogP contribution < -0.4 is 23.8 Å². The van der Waals surface area contributed by atoms with E-state index in [0.29, 0.717) is 33.5 Å². The monoisotopic (exact) mass is 518 g/mol. The van der Waals surface area contributed by atoms with E-state index in [4.69, 9.17) is 25.8 Å². The minimum Gasteiger partial charge on any atom is -0.493 e. The van der Waals surface area contributed by atoms with Gasteiger partial charge in [0.05, 0.1) is 31.9 Å². The van der Waals surface area contributed by atoms with E-state index in [9.17, 15) is 13.2 Å². The number of hydrogen-bond donors (Lipinski definition) is 1. The number of methoxy groups -OCH3 is 3. The summed E-state index contributed by atoms with van der Waals surface area (Å²) in [6, 6.07) is 16.1. The normalized spacial score (nSPS) is 11.0. The Morgan fingerprint density at radius 1 is 0.886 bits per heavy atom. The van der Waals surface area contributed by atoms with Gasteiger partial charge in [-0.2, -0.15) is 0 Å². The van der Waals surface area contributed by atoms with Gasteiger partial charge in [0.1, 0.15) is 6.54 Å². The van der Waals surface area contributed by atoms with Crippen molar-refractivity contribution < 1.29 is 27.4 Å². The molecule has 1 amide bonds. The fourth-order valence-electron chi connectivity index (χ4n) is 3.44. The Kier molecular flexibility index (Phi) is 8.48. The van der Waals surface area contributed by atoms with Crippen LogP contribution in [-0.4, -0.2) is 42.2 Å². The number of carbonyl (C=O) groups excluding carboxylic acids is 1. The molecule has 8 nitrogen and oxygen atoms in total. The molecule has 35 heavy (non-hydrogen) atoms. The second-order valence-electron chi connectivity index (χ2n) is 7.57. The summed E-state index contributed by atoms with van der Waals surface area (Å²) in [6.45, 7) is 1.56. The van der Waals surface area contributed by atoms with Crippen molar-refractivity contribution in [3.8, 4) is 17.2 Å². The first-order chi connectivity index (χ1) is 16.7. The lowest BCUT2D eigenvalue weighted by atomic mass is 10.1. The fraction of sp³-hybridized carbons (Fsp3) is 0.240. The van der Waals surface area contributed by atoms with Gasteiger partial charge < -0.3 is 19.5 Å². The molecular weight excluding hydrogens is 492 g/mol. The third-order valence-electron chi connectivity index (χ3n) is 5.27. The summed E-state index contributed by atoms with van der Waals surface area (Å²) in [4.78, 5) is 13.0. The van der Waals surface area contributed by atoms with Crippen molar-refractivity contribution in [2.45, 2.75) is 18.4 Å². The molecule has 3 aromatic rings. The highest BCUT2D eigenvalue weighted by atomic mass is 35.5. The first-order valence-electron chi connectivity index (χ1n) is 10.6. The van der Waals surface area contributed by atoms with Crippen molar-refractivity contribution in [1.29, 1.82) is 0 Å². The van der Waals surface area contributed by atoms with Gasteiger partial charge in [-0.1, -0.05) is 29.3 Å². The minimum absolute atomic E-state index is 0.0248. The van der Waals surface area contributed by atoms with Crippen LogP contribution in [0.2, 0.25) is 5.02 Å². The van der Waals surface area contributed by atoms with E-state index in [1.54, 1.807) is 36.4 Å². The predicted molar refractivity (Wildman–Crippen MR) is 135 cm³/mol. The Balaban J connectivity index is 1.86. The van der Waals surface area contributed by atoms with E-state index in [-0.39, 0.29) is 11.4 Å². The Morgan fingerprint density at radius 3 is 2.09 bits per heavy atom. The van der Waals surface area contributed by atoms with Crippen LogP contribution in [0.25, 0.3) is 0 Å². The van der Waals surface area contributed by atoms with Crippen molar-refractivity contribution in [3.63, 3.8) is 0 Å². The molecule has 0 saturated heterocycles. The van der Waals surface area contributed by atoms with Crippen LogP contribution >= 0.6 is 11.6 Å². The average Bonchev–Trinajstić information content (AvgIpc) is 2.86. The summed E-state index contributed by atoms with van der Waals surface area (Å²) >= 11 is 5.93. The van der Waals surface area contributed by atoms with Gasteiger partial charge >= 0.3 is 0 Å². The number of ether oxygens (including phenoxy) is 3. The summed E-state index contributed by atoms with van der Waals surface area (Å²) in [5.41, 5.74) is 1.97. The topological polar surface area (TPSA) is 94.2 Å². The lowest BCUT2D eigenvalue weighted by Gasteiger charge is -2.24. The molecule has 0 bridgehead atoms. The van der Waals surface area contributed by atoms with Crippen LogP contribution in [0.5, 0.6) is 17.2 Å². The quantitative estimate of drug-likeness (QED) is 0.432. The highest BCUT2D eigenvalue weighted by Gasteiger charge is 2.27. The minimum atomic E-state index is -4.04. The number of aryl methyl sites for hydroxylation is 1. The molecule has 3 aromatic carbocycles. The fourth-order valence-corrected chi connectivity index (χ4v) is 4.99. The molecular formula is C25H27ClN2O6S. The Hall–Kier alpha value is -3.43. The summed E-state index contributed by atoms with van der Waals surface area (Å²) in [7, 11) is 0.448. The van der Waals surface area contributed by atoms with Crippen molar-refractivity contribution in [3.05, 3.63) is 76.8 Å². The van der Waals surface area contributed by atoms with Crippen LogP contribution in [0.1, 0.15) is 11.1 Å². The Bertz CT molecular complexity index is 1280. The van der Waals surface area contributed by atoms with Crippen molar-refractivity contribution in [1.82, 2.24) is 5.32 Å². The lowest BCUT2D eigenvalue weighted by Crippen LogP contribution is -2.40. The van der Waals surface area contributed by atoms with Gasteiger partial charge in [-0.05, 0) is 55.5 Å². The largest absolute Gasteiger partial charge is 0.493 e. The van der Waals surface area contributed by atoms with Gasteiger partial charge in [0.15, 0.2) is 11.5 Å². The zero-order chi connectivity index (χ0) is 25.6. The van der Waals surface area contributed by atoms with Gasteiger partial charge in [0, 0.05) is 17.1 Å². The van der Waals surface area contributed by atoms with Crippen LogP contribution in [0.4, 0.5) is 5.69 Å². The predicted octanol–water partition coefficient (Wildman–Crippen LogP) is 4.19. The maximum absolute atomic E-state index is 13.4. The van der Waals surface area contributed by atoms with Gasteiger partial charge in [0.25, 0.3) is 10.0 Å². The number of carbonyl (C=O) groups is 1. The van der Waals surface area contributed by atoms with Crippen LogP contribution in [0, 0.1) is 6.92 Å². The molecule has 0 atom stereocenters. The number of sulfonamides is 1. The van der Waals surface area contributed by atoms with Gasteiger partial charge in [-0.25, -0.2) is 8.42 Å². The SMILES string of the molecule is COc1ccc(CNC(=O)CN(c2ccc(C)cc2)S(=O)(=O)c2ccc(Cl)cc2)c(OC)c1OC. The standard InChI is InChI=1S/C25H27ClN2O6S/c1-17-5-10-20(11-6-17)28(35(30,31)21-12-8-19(26)9-13-21)16-23(29)27-15-18-7-14-22(32-2)25(34-4)24(18)33-3/h5-14H,15-16H2,1-4H3,(H,27,29). The van der Waals surface area contributed by atoms with E-state index in [1.807, 2.05) is 6.92 Å². The molecule has 0 aromatic heterocycles. The highest BCUT2D eigenvalue weighted by Crippen LogP contribution is 2.39. The number of nitrogens with zero attached hydrogens (tertiary/aromatic N) is 1. The highest BCUT2D eigenvalue weighted by molar-refractivity contribution is 7.92. The van der Waals surface area contributed by atoms with Gasteiger partial charge in [0.2, 0.25) is 11.7 Å². The van der Waals surface area contributed by atoms with Crippen LogP contribution in [0.15, 0.2) is 65.6 Å². The summed E-state index contributed by atoms with van der Waals surface area (Å²) in [6.07, 6.45) is 0. The number of hydrogen-bond acceptors (Lipinski definition) is 6. The first-order valence-corrected chi connectivity index (χ1v) is 12.4. The maximum atomic E-state index is 13.4. The molecule has 3 rings (SSSR count). The molecule has 0 saturated carbocycles. The lowest BCUT2D eigenvalue weighted by molar-refractivity contribution is -0.119. The van der Waals surface area contributed by atoms with Crippen LogP contribution in [-0.2, 0) is 21.4 Å². The average molecular weight is 519 g/mol. The third kappa shape index (κ3) is 5.98. The van der Waals surface area contributed by atoms with E-state index in [2.05, 4.69) is 5.32 Å². The van der Waals surface area contributed by atoms with Crippen molar-refractivity contribution in [2.24, 2.45) is 0 Å². The molecule has 0 heterocycles. The molecule has 10 heteroatoms. The second-order valence-corrected chi connectivity index (χ2v) is 9.87. The molecule has 0 aliphatic carbocycles. The van der Waals surface area contributed by atoms with Crippen molar-refractivity contribution in [2.75, 3.05) is 32.2 Å². The third-order valence-corrected chi connectivity index (χ3v) is 7.31. The molecule has 0 aliphatic heterocycles.